The summed E-state index contributed by atoms with van der Waals surface area (Å²) >= 11 is 2.69. The van der Waals surface area contributed by atoms with E-state index in [0.29, 0.717) is 0 Å². The van der Waals surface area contributed by atoms with Crippen LogP contribution in [0.25, 0.3) is 0 Å². The first kappa shape index (κ1) is 29.5. The van der Waals surface area contributed by atoms with E-state index in [2.05, 4.69) is 21.8 Å². The second kappa shape index (κ2) is 42.3. The quantitative estimate of drug-likeness (QED) is 0.586. The Bertz CT molecular complexity index is 9.61. The van der Waals surface area contributed by atoms with Crippen LogP contribution >= 0.6 is 15.9 Å². The fraction of sp³-hybridized carbons (Fsp3) is 0. The zero-order chi connectivity index (χ0) is 2.00. The van der Waals surface area contributed by atoms with Gasteiger partial charge in [-0.05, 0) is 0 Å². The Morgan fingerprint density at radius 1 is 1.20 bits per heavy atom. The summed E-state index contributed by atoms with van der Waals surface area (Å²) in [4.78, 5) is 0. The Labute approximate surface area is 68.4 Å². The second-order valence-electron chi connectivity index (χ2n) is 0. The van der Waals surface area contributed by atoms with Gasteiger partial charge < -0.3 is 23.4 Å². The van der Waals surface area contributed by atoms with Crippen LogP contribution in [-0.4, -0.2) is 0 Å². The summed E-state index contributed by atoms with van der Waals surface area (Å²) in [6.45, 7) is 0. The van der Waals surface area contributed by atoms with E-state index in [4.69, 9.17) is 0 Å². The zero-order valence-electron chi connectivity index (χ0n) is 2.94. The van der Waals surface area contributed by atoms with Gasteiger partial charge in [-0.2, -0.15) is 0 Å². The molecule has 5 heavy (non-hydrogen) atoms. The predicted octanol–water partition coefficient (Wildman–Crippen LogP) is 1.62. The maximum atomic E-state index is 3.06. The van der Waals surface area contributed by atoms with E-state index >= 15 is 0 Å². The number of rotatable bonds is 0. The molecule has 0 aliphatic carbocycles. The van der Waals surface area contributed by atoms with Gasteiger partial charge in [0.25, 0.3) is 0 Å². The minimum absolute atomic E-state index is 0. The molecule has 0 saturated carbocycles. The van der Waals surface area contributed by atoms with E-state index in [-0.39, 0.29) is 47.0 Å². The summed E-state index contributed by atoms with van der Waals surface area (Å²) in [6, 6.07) is 0. The summed E-state index contributed by atoms with van der Waals surface area (Å²) in [5.41, 5.74) is 0. The molecule has 0 aromatic carbocycles. The van der Waals surface area contributed by atoms with E-state index < -0.39 is 0 Å². The van der Waals surface area contributed by atoms with Crippen molar-refractivity contribution in [3.05, 3.63) is 13.3 Å². The third kappa shape index (κ3) is 26.4. The largest absolute Gasteiger partial charge is 0.358 e. The molecular weight excluding hydrogens is 339 g/mol. The molecule has 1 radical (unpaired) electrons. The van der Waals surface area contributed by atoms with Gasteiger partial charge in [-0.15, -0.1) is 0 Å². The van der Waals surface area contributed by atoms with Crippen LogP contribution in [0.5, 0.6) is 0 Å². The first-order chi connectivity index (χ1) is 1.00. The Balaban J connectivity index is -0.00000000167. The van der Waals surface area contributed by atoms with Crippen molar-refractivity contribution in [3.8, 4) is 0 Å². The fourth-order valence-corrected chi connectivity index (χ4v) is 0. The Hall–Kier alpha value is 1.75. The number of halogens is 1. The van der Waals surface area contributed by atoms with Crippen molar-refractivity contribution in [2.45, 2.75) is 0 Å². The Morgan fingerprint density at radius 2 is 1.20 bits per heavy atom. The maximum absolute atomic E-state index is 3.06. The van der Waals surface area contributed by atoms with Crippen molar-refractivity contribution in [1.82, 2.24) is 0 Å². The molecule has 0 aromatic heterocycles. The van der Waals surface area contributed by atoms with Gasteiger partial charge in [-0.25, -0.2) is 0 Å². The monoisotopic (exact) mass is 343 g/mol. The molecule has 0 aliphatic rings. The smallest absolute Gasteiger partial charge is 0 e. The van der Waals surface area contributed by atoms with Crippen LogP contribution in [0.1, 0.15) is 0 Å². The molecule has 3 heteroatoms. The second-order valence-corrected chi connectivity index (χ2v) is 0. The minimum atomic E-state index is 0. The van der Waals surface area contributed by atoms with E-state index in [1.165, 1.54) is 0 Å². The van der Waals surface area contributed by atoms with E-state index in [1.807, 2.05) is 0 Å². The van der Waals surface area contributed by atoms with Gasteiger partial charge in [-0.1, -0.05) is 0 Å². The Morgan fingerprint density at radius 3 is 1.20 bits per heavy atom. The average molecular weight is 344 g/mol. The number of hydrogen-bond acceptors (Lipinski definition) is 0. The van der Waals surface area contributed by atoms with E-state index in [9.17, 15) is 0 Å². The zero-order valence-corrected chi connectivity index (χ0v) is 8.86. The molecule has 0 aromatic rings. The SMILES string of the molecule is [CH2-]Br.[CH3-].[V].[W]. The van der Waals surface area contributed by atoms with Crippen molar-refractivity contribution < 1.29 is 39.6 Å². The van der Waals surface area contributed by atoms with Gasteiger partial charge in [0.05, 0.1) is 0 Å². The van der Waals surface area contributed by atoms with Crippen LogP contribution < -0.4 is 0 Å². The first-order valence-electron chi connectivity index (χ1n) is 0.267. The minimum Gasteiger partial charge on any atom is -0.358 e. The van der Waals surface area contributed by atoms with Gasteiger partial charge in [0.15, 0.2) is 0 Å². The van der Waals surface area contributed by atoms with E-state index in [1.54, 1.807) is 0 Å². The van der Waals surface area contributed by atoms with Gasteiger partial charge in [0.2, 0.25) is 0 Å². The third-order valence-corrected chi connectivity index (χ3v) is 0. The topological polar surface area (TPSA) is 0 Å². The first-order valence-corrected chi connectivity index (χ1v) is 1.39. The van der Waals surface area contributed by atoms with Crippen molar-refractivity contribution >= 4 is 15.9 Å². The van der Waals surface area contributed by atoms with Crippen LogP contribution in [0, 0.1) is 13.3 Å². The molecule has 0 aliphatic heterocycles. The fourth-order valence-electron chi connectivity index (χ4n) is 0. The van der Waals surface area contributed by atoms with Crippen molar-refractivity contribution in [2.75, 3.05) is 0 Å². The molecule has 0 bridgehead atoms. The van der Waals surface area contributed by atoms with Gasteiger partial charge in [0.1, 0.15) is 0 Å². The predicted molar refractivity (Wildman–Crippen MR) is 20.7 cm³/mol. The molecule has 0 rings (SSSR count). The molecule has 0 N–H and O–H groups in total. The van der Waals surface area contributed by atoms with Crippen molar-refractivity contribution in [1.29, 1.82) is 0 Å². The normalized spacial score (nSPS) is 1.20. The summed E-state index contributed by atoms with van der Waals surface area (Å²) in [7, 11) is 0. The van der Waals surface area contributed by atoms with Gasteiger partial charge >= 0.3 is 0 Å². The molecule has 0 fully saturated rings. The van der Waals surface area contributed by atoms with Gasteiger partial charge in [-0.3, -0.25) is 5.83 Å². The summed E-state index contributed by atoms with van der Waals surface area (Å²) in [5.74, 6) is 3.06. The summed E-state index contributed by atoms with van der Waals surface area (Å²) in [5, 5.41) is 0. The van der Waals surface area contributed by atoms with Gasteiger partial charge in [0, 0.05) is 39.6 Å². The van der Waals surface area contributed by atoms with Crippen LogP contribution in [0.15, 0.2) is 0 Å². The van der Waals surface area contributed by atoms with Crippen molar-refractivity contribution in [3.63, 3.8) is 0 Å². The standard InChI is InChI=1S/CH2Br.CH3.V.W/c1-2;;;/h1H2;1H3;;/q2*-1;;. The van der Waals surface area contributed by atoms with Crippen LogP contribution in [0.4, 0.5) is 0 Å². The number of hydrogen-bond donors (Lipinski definition) is 0. The summed E-state index contributed by atoms with van der Waals surface area (Å²) < 4.78 is 0. The molecule has 0 unspecified atom stereocenters. The van der Waals surface area contributed by atoms with Crippen LogP contribution in [-0.2, 0) is 39.6 Å². The summed E-state index contributed by atoms with van der Waals surface area (Å²) in [6.07, 6.45) is 0. The molecule has 0 nitrogen and oxygen atoms in total. The molecule has 33 valence electrons. The molecule has 0 atom stereocenters. The van der Waals surface area contributed by atoms with E-state index in [0.717, 1.165) is 0 Å². The molecule has 0 saturated heterocycles. The molecule has 0 heterocycles. The molecule has 0 spiro atoms. The van der Waals surface area contributed by atoms with Crippen LogP contribution in [0.2, 0.25) is 0 Å². The Kier molecular flexibility index (Phi) is 249. The maximum Gasteiger partial charge on any atom is 0 e. The van der Waals surface area contributed by atoms with Crippen molar-refractivity contribution in [2.24, 2.45) is 0 Å². The molecular formula is C2H5BrVW-2. The third-order valence-electron chi connectivity index (χ3n) is 0. The average Bonchev–Trinajstić information content (AvgIpc) is 1.00. The molecule has 0 amide bonds. The van der Waals surface area contributed by atoms with Crippen LogP contribution in [0.3, 0.4) is 0 Å².